The molecule has 2 aromatic heterocycles. The highest BCUT2D eigenvalue weighted by Gasteiger charge is 2.20. The molecule has 148 valence electrons. The third-order valence-electron chi connectivity index (χ3n) is 5.14. The molecule has 2 atom stereocenters. The molecule has 0 unspecified atom stereocenters. The van der Waals surface area contributed by atoms with Gasteiger partial charge in [0.2, 0.25) is 0 Å². The fourth-order valence-electron chi connectivity index (χ4n) is 3.60. The van der Waals surface area contributed by atoms with E-state index >= 15 is 0 Å². The molecule has 0 bridgehead atoms. The van der Waals surface area contributed by atoms with E-state index in [1.54, 1.807) is 17.4 Å². The van der Waals surface area contributed by atoms with Gasteiger partial charge >= 0.3 is 0 Å². The van der Waals surface area contributed by atoms with E-state index in [2.05, 4.69) is 64.0 Å². The summed E-state index contributed by atoms with van der Waals surface area (Å²) in [5.74, 6) is 0.651. The number of aromatic amines is 1. The maximum absolute atomic E-state index is 12.5. The fraction of sp³-hybridized carbons (Fsp3) is 0.250. The van der Waals surface area contributed by atoms with E-state index in [0.717, 1.165) is 18.4 Å². The van der Waals surface area contributed by atoms with Gasteiger partial charge in [0.05, 0.1) is 23.0 Å². The Hall–Kier alpha value is -2.76. The number of rotatable bonds is 7. The first kappa shape index (κ1) is 19.6. The molecule has 0 saturated carbocycles. The Balaban J connectivity index is 1.65. The number of hydrogen-bond donors (Lipinski definition) is 2. The summed E-state index contributed by atoms with van der Waals surface area (Å²) in [6, 6.07) is 20.4. The third-order valence-corrected chi connectivity index (χ3v) is 6.07. The number of hydrogen-bond acceptors (Lipinski definition) is 4. The van der Waals surface area contributed by atoms with Crippen LogP contribution in [0.1, 0.15) is 54.2 Å². The van der Waals surface area contributed by atoms with E-state index in [1.165, 1.54) is 16.0 Å². The van der Waals surface area contributed by atoms with Crippen molar-refractivity contribution in [2.24, 2.45) is 0 Å². The van der Waals surface area contributed by atoms with Gasteiger partial charge in [-0.25, -0.2) is 4.98 Å². The molecule has 4 nitrogen and oxygen atoms in total. The summed E-state index contributed by atoms with van der Waals surface area (Å²) in [4.78, 5) is 21.3. The van der Waals surface area contributed by atoms with Crippen molar-refractivity contribution in [1.82, 2.24) is 15.3 Å². The Labute approximate surface area is 174 Å². The quantitative estimate of drug-likeness (QED) is 0.436. The second kappa shape index (κ2) is 8.72. The lowest BCUT2D eigenvalue weighted by atomic mass is 10.0. The van der Waals surface area contributed by atoms with Gasteiger partial charge in [0, 0.05) is 4.88 Å². The average Bonchev–Trinajstić information content (AvgIpc) is 3.27. The minimum Gasteiger partial charge on any atom is -0.309 e. The zero-order valence-corrected chi connectivity index (χ0v) is 17.5. The molecule has 29 heavy (non-hydrogen) atoms. The van der Waals surface area contributed by atoms with Gasteiger partial charge < -0.3 is 4.98 Å². The van der Waals surface area contributed by atoms with Crippen LogP contribution in [0, 0.1) is 0 Å². The number of thiophene rings is 1. The summed E-state index contributed by atoms with van der Waals surface area (Å²) in [5.41, 5.74) is 3.18. The van der Waals surface area contributed by atoms with Crippen LogP contribution < -0.4 is 10.9 Å². The van der Waals surface area contributed by atoms with Crippen LogP contribution in [0.5, 0.6) is 0 Å². The standard InChI is InChI=1S/C24H25N3OS/c1-3-7-17-11-13-18(14-12-17)22(21-10-6-15-29-21)25-16(2)23-26-20-9-5-4-8-19(20)24(28)27-23/h4-6,8-16,22,25H,3,7H2,1-2H3,(H,26,27,28)/t16-,22-/m1/s1. The van der Waals surface area contributed by atoms with Gasteiger partial charge in [0.1, 0.15) is 5.82 Å². The van der Waals surface area contributed by atoms with Crippen LogP contribution in [-0.4, -0.2) is 9.97 Å². The van der Waals surface area contributed by atoms with Gasteiger partial charge in [-0.3, -0.25) is 10.1 Å². The molecule has 0 aliphatic carbocycles. The van der Waals surface area contributed by atoms with Crippen LogP contribution >= 0.6 is 11.3 Å². The topological polar surface area (TPSA) is 57.8 Å². The van der Waals surface area contributed by atoms with Crippen LogP contribution in [0.3, 0.4) is 0 Å². The van der Waals surface area contributed by atoms with Crippen molar-refractivity contribution in [3.05, 3.63) is 98.2 Å². The molecule has 4 aromatic rings. The third kappa shape index (κ3) is 4.31. The molecule has 4 rings (SSSR count). The Bertz CT molecular complexity index is 1130. The van der Waals surface area contributed by atoms with Crippen LogP contribution in [0.2, 0.25) is 0 Å². The molecule has 0 radical (unpaired) electrons. The molecule has 0 spiro atoms. The first-order chi connectivity index (χ1) is 14.2. The molecular weight excluding hydrogens is 378 g/mol. The predicted molar refractivity (Wildman–Crippen MR) is 121 cm³/mol. The smallest absolute Gasteiger partial charge is 0.258 e. The first-order valence-corrected chi connectivity index (χ1v) is 10.9. The van der Waals surface area contributed by atoms with Crippen molar-refractivity contribution < 1.29 is 0 Å². The minimum absolute atomic E-state index is 0.0393. The van der Waals surface area contributed by atoms with Crippen LogP contribution in [-0.2, 0) is 6.42 Å². The van der Waals surface area contributed by atoms with Gasteiger partial charge in [-0.15, -0.1) is 11.3 Å². The average molecular weight is 404 g/mol. The summed E-state index contributed by atoms with van der Waals surface area (Å²) in [6.07, 6.45) is 2.24. The molecule has 2 aromatic carbocycles. The zero-order valence-electron chi connectivity index (χ0n) is 16.7. The minimum atomic E-state index is -0.116. The molecule has 2 N–H and O–H groups in total. The zero-order chi connectivity index (χ0) is 20.2. The highest BCUT2D eigenvalue weighted by Crippen LogP contribution is 2.29. The lowest BCUT2D eigenvalue weighted by Crippen LogP contribution is -2.28. The SMILES string of the molecule is CCCc1ccc([C@@H](N[C@H](C)c2nc3ccccc3c(=O)[nH]2)c2cccs2)cc1. The number of nitrogens with zero attached hydrogens (tertiary/aromatic N) is 1. The lowest BCUT2D eigenvalue weighted by Gasteiger charge is -2.23. The summed E-state index contributed by atoms with van der Waals surface area (Å²) >= 11 is 1.73. The van der Waals surface area contributed by atoms with E-state index in [-0.39, 0.29) is 17.6 Å². The van der Waals surface area contributed by atoms with Gasteiger partial charge in [-0.1, -0.05) is 55.8 Å². The number of para-hydroxylation sites is 1. The number of H-pyrrole nitrogens is 1. The summed E-state index contributed by atoms with van der Waals surface area (Å²) in [7, 11) is 0. The molecule has 0 aliphatic rings. The van der Waals surface area contributed by atoms with Gasteiger partial charge in [-0.2, -0.15) is 0 Å². The molecule has 5 heteroatoms. The Kier molecular flexibility index (Phi) is 5.88. The molecule has 0 aliphatic heterocycles. The fourth-order valence-corrected chi connectivity index (χ4v) is 4.41. The number of fused-ring (bicyclic) bond motifs is 1. The van der Waals surface area contributed by atoms with Gasteiger partial charge in [-0.05, 0) is 48.1 Å². The van der Waals surface area contributed by atoms with E-state index in [4.69, 9.17) is 0 Å². The van der Waals surface area contributed by atoms with Crippen LogP contribution in [0.4, 0.5) is 0 Å². The van der Waals surface area contributed by atoms with Crippen molar-refractivity contribution >= 4 is 22.2 Å². The number of aryl methyl sites for hydroxylation is 1. The predicted octanol–water partition coefficient (Wildman–Crippen LogP) is 5.38. The number of benzene rings is 2. The Morgan fingerprint density at radius 1 is 1.07 bits per heavy atom. The van der Waals surface area contributed by atoms with Crippen LogP contribution in [0.15, 0.2) is 70.8 Å². The molecule has 0 amide bonds. The maximum atomic E-state index is 12.5. The van der Waals surface area contributed by atoms with E-state index in [1.807, 2.05) is 25.1 Å². The van der Waals surface area contributed by atoms with E-state index in [9.17, 15) is 4.79 Å². The van der Waals surface area contributed by atoms with Gasteiger partial charge in [0.25, 0.3) is 5.56 Å². The second-order valence-corrected chi connectivity index (χ2v) is 8.28. The Morgan fingerprint density at radius 2 is 1.86 bits per heavy atom. The van der Waals surface area contributed by atoms with E-state index < -0.39 is 0 Å². The largest absolute Gasteiger partial charge is 0.309 e. The van der Waals surface area contributed by atoms with Crippen molar-refractivity contribution in [2.75, 3.05) is 0 Å². The van der Waals surface area contributed by atoms with Crippen molar-refractivity contribution in [2.45, 2.75) is 38.8 Å². The van der Waals surface area contributed by atoms with Crippen LogP contribution in [0.25, 0.3) is 10.9 Å². The molecule has 2 heterocycles. The summed E-state index contributed by atoms with van der Waals surface area (Å²) in [6.45, 7) is 4.24. The normalized spacial score (nSPS) is 13.4. The highest BCUT2D eigenvalue weighted by molar-refractivity contribution is 7.10. The summed E-state index contributed by atoms with van der Waals surface area (Å²) < 4.78 is 0. The van der Waals surface area contributed by atoms with Gasteiger partial charge in [0.15, 0.2) is 0 Å². The maximum Gasteiger partial charge on any atom is 0.258 e. The lowest BCUT2D eigenvalue weighted by molar-refractivity contribution is 0.500. The van der Waals surface area contributed by atoms with Crippen molar-refractivity contribution in [1.29, 1.82) is 0 Å². The van der Waals surface area contributed by atoms with Crippen molar-refractivity contribution in [3.8, 4) is 0 Å². The van der Waals surface area contributed by atoms with Crippen molar-refractivity contribution in [3.63, 3.8) is 0 Å². The molecular formula is C24H25N3OS. The molecule has 0 fully saturated rings. The second-order valence-electron chi connectivity index (χ2n) is 7.30. The highest BCUT2D eigenvalue weighted by atomic mass is 32.1. The molecule has 0 saturated heterocycles. The number of aromatic nitrogens is 2. The first-order valence-electron chi connectivity index (χ1n) is 10.0. The van der Waals surface area contributed by atoms with E-state index in [0.29, 0.717) is 11.2 Å². The Morgan fingerprint density at radius 3 is 2.59 bits per heavy atom. The number of nitrogens with one attached hydrogen (secondary N) is 2. The monoisotopic (exact) mass is 403 g/mol. The summed E-state index contributed by atoms with van der Waals surface area (Å²) in [5, 5.41) is 6.38.